The largest absolute Gasteiger partial charge is 0.299 e. The van der Waals surface area contributed by atoms with E-state index >= 15 is 0 Å². The second kappa shape index (κ2) is 7.97. The summed E-state index contributed by atoms with van der Waals surface area (Å²) < 4.78 is 26.4. The molecule has 0 atom stereocenters. The predicted molar refractivity (Wildman–Crippen MR) is 92.4 cm³/mol. The lowest BCUT2D eigenvalue weighted by molar-refractivity contribution is 0.185. The molecule has 1 fully saturated rings. The molecule has 0 aliphatic carbocycles. The molecule has 0 aromatic heterocycles. The summed E-state index contributed by atoms with van der Waals surface area (Å²) in [6.07, 6.45) is 4.12. The fraction of sp³-hybridized carbons (Fsp3) is 0.647. The average molecular weight is 324 g/mol. The van der Waals surface area contributed by atoms with Gasteiger partial charge in [-0.15, -0.1) is 0 Å². The number of hydrogen-bond acceptors (Lipinski definition) is 3. The van der Waals surface area contributed by atoms with Crippen molar-refractivity contribution in [3.05, 3.63) is 29.8 Å². The van der Waals surface area contributed by atoms with Crippen LogP contribution >= 0.6 is 0 Å². The Kier molecular flexibility index (Phi) is 6.26. The molecule has 1 saturated heterocycles. The third-order valence-electron chi connectivity index (χ3n) is 4.28. The Morgan fingerprint density at radius 2 is 1.82 bits per heavy atom. The summed E-state index contributed by atoms with van der Waals surface area (Å²) in [6.45, 7) is 7.58. The van der Waals surface area contributed by atoms with Gasteiger partial charge in [-0.05, 0) is 56.0 Å². The summed E-state index contributed by atoms with van der Waals surface area (Å²) in [5.74, 6) is 1.04. The van der Waals surface area contributed by atoms with Crippen molar-refractivity contribution < 1.29 is 8.42 Å². The normalized spacial score (nSPS) is 17.5. The van der Waals surface area contributed by atoms with Gasteiger partial charge in [-0.1, -0.05) is 32.4 Å². The van der Waals surface area contributed by atoms with Crippen LogP contribution in [0.2, 0.25) is 0 Å². The minimum Gasteiger partial charge on any atom is -0.299 e. The van der Waals surface area contributed by atoms with Crippen LogP contribution < -0.4 is 4.72 Å². The summed E-state index contributed by atoms with van der Waals surface area (Å²) in [7, 11) is -3.20. The second-order valence-electron chi connectivity index (χ2n) is 6.43. The maximum absolute atomic E-state index is 11.9. The topological polar surface area (TPSA) is 49.4 Å². The molecular weight excluding hydrogens is 296 g/mol. The van der Waals surface area contributed by atoms with Crippen LogP contribution in [0.25, 0.3) is 0 Å². The minimum absolute atomic E-state index is 0.192. The Bertz CT molecular complexity index is 547. The van der Waals surface area contributed by atoms with Crippen LogP contribution in [-0.2, 0) is 16.6 Å². The molecule has 0 amide bonds. The smallest absolute Gasteiger partial charge is 0.232 e. The Balaban J connectivity index is 1.87. The molecular formula is C17H28N2O2S. The number of anilines is 1. The molecule has 1 aliphatic rings. The molecule has 2 rings (SSSR count). The maximum Gasteiger partial charge on any atom is 0.232 e. The van der Waals surface area contributed by atoms with Crippen molar-refractivity contribution in [3.63, 3.8) is 0 Å². The highest BCUT2D eigenvalue weighted by molar-refractivity contribution is 7.92. The summed E-state index contributed by atoms with van der Waals surface area (Å²) in [6, 6.07) is 7.78. The van der Waals surface area contributed by atoms with Gasteiger partial charge in [0.05, 0.1) is 5.75 Å². The van der Waals surface area contributed by atoms with Crippen molar-refractivity contribution in [2.24, 2.45) is 5.92 Å². The van der Waals surface area contributed by atoms with Crippen LogP contribution in [0.1, 0.15) is 45.1 Å². The highest BCUT2D eigenvalue weighted by atomic mass is 32.2. The van der Waals surface area contributed by atoms with Crippen LogP contribution in [0, 0.1) is 5.92 Å². The molecule has 1 aliphatic heterocycles. The average Bonchev–Trinajstić information content (AvgIpc) is 2.49. The van der Waals surface area contributed by atoms with Crippen LogP contribution in [0.15, 0.2) is 24.3 Å². The van der Waals surface area contributed by atoms with E-state index in [1.54, 1.807) is 0 Å². The van der Waals surface area contributed by atoms with Gasteiger partial charge in [0.1, 0.15) is 0 Å². The van der Waals surface area contributed by atoms with E-state index in [9.17, 15) is 8.42 Å². The SMILES string of the molecule is CCCCS(=O)(=O)Nc1ccc(CN2CCC(C)CC2)cc1. The van der Waals surface area contributed by atoms with Crippen LogP contribution in [0.3, 0.4) is 0 Å². The monoisotopic (exact) mass is 324 g/mol. The third kappa shape index (κ3) is 5.61. The van der Waals surface area contributed by atoms with E-state index in [0.717, 1.165) is 32.0 Å². The van der Waals surface area contributed by atoms with Crippen LogP contribution in [0.5, 0.6) is 0 Å². The molecule has 0 unspecified atom stereocenters. The first kappa shape index (κ1) is 17.3. The van der Waals surface area contributed by atoms with Gasteiger partial charge in [0.25, 0.3) is 0 Å². The van der Waals surface area contributed by atoms with Gasteiger partial charge >= 0.3 is 0 Å². The Morgan fingerprint density at radius 3 is 2.41 bits per heavy atom. The van der Waals surface area contributed by atoms with Crippen molar-refractivity contribution in [3.8, 4) is 0 Å². The predicted octanol–water partition coefficient (Wildman–Crippen LogP) is 3.46. The molecule has 124 valence electrons. The van der Waals surface area contributed by atoms with Gasteiger partial charge in [-0.25, -0.2) is 8.42 Å². The third-order valence-corrected chi connectivity index (χ3v) is 5.65. The van der Waals surface area contributed by atoms with E-state index in [1.165, 1.54) is 18.4 Å². The van der Waals surface area contributed by atoms with E-state index in [2.05, 4.69) is 16.5 Å². The zero-order valence-electron chi connectivity index (χ0n) is 13.7. The lowest BCUT2D eigenvalue weighted by atomic mass is 9.99. The Hall–Kier alpha value is -1.07. The first-order valence-electron chi connectivity index (χ1n) is 8.30. The fourth-order valence-electron chi connectivity index (χ4n) is 2.72. The van der Waals surface area contributed by atoms with E-state index in [-0.39, 0.29) is 5.75 Å². The molecule has 0 radical (unpaired) electrons. The Labute approximate surface area is 135 Å². The number of piperidine rings is 1. The van der Waals surface area contributed by atoms with E-state index < -0.39 is 10.0 Å². The summed E-state index contributed by atoms with van der Waals surface area (Å²) >= 11 is 0. The van der Waals surface area contributed by atoms with Gasteiger partial charge in [0.2, 0.25) is 10.0 Å². The summed E-state index contributed by atoms with van der Waals surface area (Å²) in [4.78, 5) is 2.47. The van der Waals surface area contributed by atoms with Crippen LogP contribution in [0.4, 0.5) is 5.69 Å². The number of nitrogens with zero attached hydrogens (tertiary/aromatic N) is 1. The second-order valence-corrected chi connectivity index (χ2v) is 8.27. The molecule has 0 spiro atoms. The van der Waals surface area contributed by atoms with Crippen molar-refractivity contribution in [2.45, 2.75) is 46.1 Å². The molecule has 1 aromatic rings. The summed E-state index contributed by atoms with van der Waals surface area (Å²) in [5.41, 5.74) is 1.90. The van der Waals surface area contributed by atoms with Crippen LogP contribution in [-0.4, -0.2) is 32.2 Å². The number of likely N-dealkylation sites (tertiary alicyclic amines) is 1. The number of unbranched alkanes of at least 4 members (excludes halogenated alkanes) is 1. The lowest BCUT2D eigenvalue weighted by Crippen LogP contribution is -2.32. The van der Waals surface area contributed by atoms with Gasteiger partial charge in [-0.2, -0.15) is 0 Å². The van der Waals surface area contributed by atoms with Gasteiger partial charge in [-0.3, -0.25) is 9.62 Å². The van der Waals surface area contributed by atoms with Gasteiger partial charge in [0.15, 0.2) is 0 Å². The fourth-order valence-corrected chi connectivity index (χ4v) is 3.99. The number of benzene rings is 1. The molecule has 22 heavy (non-hydrogen) atoms. The highest BCUT2D eigenvalue weighted by Gasteiger charge is 2.15. The molecule has 1 aromatic carbocycles. The van der Waals surface area contributed by atoms with E-state index in [1.807, 2.05) is 31.2 Å². The van der Waals surface area contributed by atoms with Crippen molar-refractivity contribution in [2.75, 3.05) is 23.6 Å². The van der Waals surface area contributed by atoms with Crippen molar-refractivity contribution in [1.82, 2.24) is 4.90 Å². The Morgan fingerprint density at radius 1 is 1.18 bits per heavy atom. The van der Waals surface area contributed by atoms with E-state index in [4.69, 9.17) is 0 Å². The zero-order valence-corrected chi connectivity index (χ0v) is 14.5. The molecule has 5 heteroatoms. The number of nitrogens with one attached hydrogen (secondary N) is 1. The van der Waals surface area contributed by atoms with Gasteiger partial charge < -0.3 is 0 Å². The quantitative estimate of drug-likeness (QED) is 0.835. The lowest BCUT2D eigenvalue weighted by Gasteiger charge is -2.30. The minimum atomic E-state index is -3.20. The van der Waals surface area contributed by atoms with Gasteiger partial charge in [0, 0.05) is 12.2 Å². The van der Waals surface area contributed by atoms with Crippen molar-refractivity contribution in [1.29, 1.82) is 0 Å². The first-order valence-corrected chi connectivity index (χ1v) is 9.95. The first-order chi connectivity index (χ1) is 10.5. The van der Waals surface area contributed by atoms with Crippen molar-refractivity contribution >= 4 is 15.7 Å². The molecule has 1 heterocycles. The zero-order chi connectivity index (χ0) is 16.0. The highest BCUT2D eigenvalue weighted by Crippen LogP contribution is 2.19. The summed E-state index contributed by atoms with van der Waals surface area (Å²) in [5, 5.41) is 0. The molecule has 0 saturated carbocycles. The molecule has 1 N–H and O–H groups in total. The number of sulfonamides is 1. The number of hydrogen-bond donors (Lipinski definition) is 1. The molecule has 0 bridgehead atoms. The maximum atomic E-state index is 11.9. The van der Waals surface area contributed by atoms with E-state index in [0.29, 0.717) is 12.1 Å². The number of rotatable bonds is 7. The molecule has 4 nitrogen and oxygen atoms in total. The standard InChI is InChI=1S/C17H28N2O2S/c1-3-4-13-22(20,21)18-17-7-5-16(6-8-17)14-19-11-9-15(2)10-12-19/h5-8,15,18H,3-4,9-14H2,1-2H3.